The van der Waals surface area contributed by atoms with Crippen molar-refractivity contribution in [3.8, 4) is 0 Å². The third kappa shape index (κ3) is 3.20. The molecule has 0 aliphatic carbocycles. The molecular weight excluding hydrogens is 224 g/mol. The highest BCUT2D eigenvalue weighted by Gasteiger charge is 2.29. The fourth-order valence-corrected chi connectivity index (χ4v) is 1.44. The Kier molecular flexibility index (Phi) is 3.57. The molecule has 0 amide bonds. The second-order valence-electron chi connectivity index (χ2n) is 4.57. The first-order valence-electron chi connectivity index (χ1n) is 5.08. The minimum absolute atomic E-state index is 0.384. The van der Waals surface area contributed by atoms with Crippen LogP contribution in [0.1, 0.15) is 19.5 Å². The second kappa shape index (κ2) is 4.41. The average Bonchev–Trinajstić information content (AvgIpc) is 2.13. The largest absolute Gasteiger partial charge is 0.383 e. The summed E-state index contributed by atoms with van der Waals surface area (Å²) in [6, 6.07) is 3.71. The van der Waals surface area contributed by atoms with E-state index in [0.29, 0.717) is 6.54 Å². The van der Waals surface area contributed by atoms with Gasteiger partial charge in [0.1, 0.15) is 0 Å². The van der Waals surface area contributed by atoms with E-state index in [1.165, 1.54) is 6.26 Å². The van der Waals surface area contributed by atoms with Crippen molar-refractivity contribution < 1.29 is 8.42 Å². The molecule has 5 heteroatoms. The van der Waals surface area contributed by atoms with Gasteiger partial charge in [-0.1, -0.05) is 0 Å². The normalized spacial score (nSPS) is 12.5. The predicted octanol–water partition coefficient (Wildman–Crippen LogP) is 1.63. The molecule has 1 N–H and O–H groups in total. The number of pyridine rings is 1. The van der Waals surface area contributed by atoms with E-state index in [2.05, 4.69) is 10.3 Å². The lowest BCUT2D eigenvalue weighted by atomic mass is 10.2. The number of anilines is 1. The lowest BCUT2D eigenvalue weighted by molar-refractivity contribution is 0.560. The van der Waals surface area contributed by atoms with Gasteiger partial charge in [0.2, 0.25) is 0 Å². The molecule has 1 aromatic heterocycles. The first-order valence-corrected chi connectivity index (χ1v) is 6.98. The van der Waals surface area contributed by atoms with E-state index in [4.69, 9.17) is 0 Å². The Morgan fingerprint density at radius 2 is 2.06 bits per heavy atom. The van der Waals surface area contributed by atoms with Crippen LogP contribution in [0, 0.1) is 6.92 Å². The SMILES string of the molecule is Cc1cc(NCC(C)(C)S(C)(=O)=O)ccn1. The first kappa shape index (κ1) is 13.0. The van der Waals surface area contributed by atoms with Crippen molar-refractivity contribution in [1.82, 2.24) is 4.98 Å². The summed E-state index contributed by atoms with van der Waals surface area (Å²) in [5.74, 6) is 0. The summed E-state index contributed by atoms with van der Waals surface area (Å²) in [4.78, 5) is 4.07. The highest BCUT2D eigenvalue weighted by Crippen LogP contribution is 2.16. The van der Waals surface area contributed by atoms with E-state index in [9.17, 15) is 8.42 Å². The number of aryl methyl sites for hydroxylation is 1. The van der Waals surface area contributed by atoms with Gasteiger partial charge in [0.05, 0.1) is 4.75 Å². The first-order chi connectivity index (χ1) is 7.22. The quantitative estimate of drug-likeness (QED) is 0.871. The number of aromatic nitrogens is 1. The molecule has 1 heterocycles. The van der Waals surface area contributed by atoms with Crippen molar-refractivity contribution in [2.75, 3.05) is 18.1 Å². The van der Waals surface area contributed by atoms with Crippen LogP contribution >= 0.6 is 0 Å². The summed E-state index contributed by atoms with van der Waals surface area (Å²) >= 11 is 0. The maximum Gasteiger partial charge on any atom is 0.154 e. The molecule has 0 aliphatic rings. The Morgan fingerprint density at radius 3 is 2.56 bits per heavy atom. The van der Waals surface area contributed by atoms with Crippen molar-refractivity contribution in [3.05, 3.63) is 24.0 Å². The van der Waals surface area contributed by atoms with Crippen LogP contribution in [-0.2, 0) is 9.84 Å². The van der Waals surface area contributed by atoms with Crippen LogP contribution in [0.5, 0.6) is 0 Å². The van der Waals surface area contributed by atoms with Gasteiger partial charge >= 0.3 is 0 Å². The van der Waals surface area contributed by atoms with Crippen LogP contribution in [-0.4, -0.2) is 30.9 Å². The van der Waals surface area contributed by atoms with Gasteiger partial charge in [-0.15, -0.1) is 0 Å². The molecule has 90 valence electrons. The van der Waals surface area contributed by atoms with Crippen LogP contribution in [0.2, 0.25) is 0 Å². The van der Waals surface area contributed by atoms with E-state index in [-0.39, 0.29) is 0 Å². The topological polar surface area (TPSA) is 59.1 Å². The van der Waals surface area contributed by atoms with Crippen molar-refractivity contribution in [3.63, 3.8) is 0 Å². The summed E-state index contributed by atoms with van der Waals surface area (Å²) in [7, 11) is -3.06. The number of sulfone groups is 1. The zero-order valence-electron chi connectivity index (χ0n) is 10.1. The monoisotopic (exact) mass is 242 g/mol. The Bertz CT molecular complexity index is 467. The van der Waals surface area contributed by atoms with Gasteiger partial charge in [0.25, 0.3) is 0 Å². The van der Waals surface area contributed by atoms with Gasteiger partial charge in [0, 0.05) is 30.4 Å². The third-order valence-electron chi connectivity index (χ3n) is 2.62. The number of nitrogens with zero attached hydrogens (tertiary/aromatic N) is 1. The van der Waals surface area contributed by atoms with Gasteiger partial charge in [-0.2, -0.15) is 0 Å². The summed E-state index contributed by atoms with van der Waals surface area (Å²) in [6.07, 6.45) is 2.96. The molecule has 0 aromatic carbocycles. The van der Waals surface area contributed by atoms with Crippen LogP contribution in [0.4, 0.5) is 5.69 Å². The second-order valence-corrected chi connectivity index (χ2v) is 7.22. The molecule has 0 saturated heterocycles. The van der Waals surface area contributed by atoms with Crippen molar-refractivity contribution in [2.45, 2.75) is 25.5 Å². The number of rotatable bonds is 4. The van der Waals surface area contributed by atoms with Gasteiger partial charge in [-0.25, -0.2) is 8.42 Å². The van der Waals surface area contributed by atoms with Gasteiger partial charge in [-0.05, 0) is 32.9 Å². The van der Waals surface area contributed by atoms with Crippen LogP contribution in [0.15, 0.2) is 18.3 Å². The van der Waals surface area contributed by atoms with Gasteiger partial charge in [0.15, 0.2) is 9.84 Å². The number of hydrogen-bond acceptors (Lipinski definition) is 4. The van der Waals surface area contributed by atoms with Crippen molar-refractivity contribution in [2.24, 2.45) is 0 Å². The molecule has 0 unspecified atom stereocenters. The van der Waals surface area contributed by atoms with Crippen LogP contribution in [0.3, 0.4) is 0 Å². The van der Waals surface area contributed by atoms with E-state index >= 15 is 0 Å². The molecule has 16 heavy (non-hydrogen) atoms. The summed E-state index contributed by atoms with van der Waals surface area (Å²) in [6.45, 7) is 5.70. The van der Waals surface area contributed by atoms with Crippen molar-refractivity contribution >= 4 is 15.5 Å². The molecule has 0 radical (unpaired) electrons. The zero-order chi connectivity index (χ0) is 12.4. The smallest absolute Gasteiger partial charge is 0.154 e. The molecule has 0 saturated carbocycles. The fourth-order valence-electron chi connectivity index (χ4n) is 1.10. The van der Waals surface area contributed by atoms with Gasteiger partial charge in [-0.3, -0.25) is 4.98 Å². The summed E-state index contributed by atoms with van der Waals surface area (Å²) in [5, 5.41) is 3.11. The van der Waals surface area contributed by atoms with E-state index in [1.807, 2.05) is 19.1 Å². The van der Waals surface area contributed by atoms with Gasteiger partial charge < -0.3 is 5.32 Å². The molecule has 1 rings (SSSR count). The van der Waals surface area contributed by atoms with E-state index in [1.54, 1.807) is 20.0 Å². The molecule has 1 aromatic rings. The molecule has 4 nitrogen and oxygen atoms in total. The molecule has 0 spiro atoms. The Balaban J connectivity index is 2.72. The molecular formula is C11H18N2O2S. The number of nitrogens with one attached hydrogen (secondary N) is 1. The van der Waals surface area contributed by atoms with Crippen molar-refractivity contribution in [1.29, 1.82) is 0 Å². The minimum Gasteiger partial charge on any atom is -0.383 e. The Hall–Kier alpha value is -1.10. The standard InChI is InChI=1S/C11H18N2O2S/c1-9-7-10(5-6-12-9)13-8-11(2,3)16(4,14)15/h5-7H,8H2,1-4H3,(H,12,13). The fraction of sp³-hybridized carbons (Fsp3) is 0.545. The van der Waals surface area contributed by atoms with Crippen LogP contribution in [0.25, 0.3) is 0 Å². The van der Waals surface area contributed by atoms with E-state index in [0.717, 1.165) is 11.4 Å². The molecule has 0 aliphatic heterocycles. The third-order valence-corrected chi connectivity index (χ3v) is 4.77. The summed E-state index contributed by atoms with van der Waals surface area (Å²) in [5.41, 5.74) is 1.80. The highest BCUT2D eigenvalue weighted by atomic mass is 32.2. The average molecular weight is 242 g/mol. The molecule has 0 atom stereocenters. The lowest BCUT2D eigenvalue weighted by Gasteiger charge is -2.23. The predicted molar refractivity (Wildman–Crippen MR) is 66.4 cm³/mol. The highest BCUT2D eigenvalue weighted by molar-refractivity contribution is 7.92. The minimum atomic E-state index is -3.06. The lowest BCUT2D eigenvalue weighted by Crippen LogP contribution is -2.38. The Labute approximate surface area is 97.0 Å². The molecule has 0 bridgehead atoms. The van der Waals surface area contributed by atoms with Crippen LogP contribution < -0.4 is 5.32 Å². The Morgan fingerprint density at radius 1 is 1.44 bits per heavy atom. The number of hydrogen-bond donors (Lipinski definition) is 1. The molecule has 0 fully saturated rings. The maximum absolute atomic E-state index is 11.5. The maximum atomic E-state index is 11.5. The summed E-state index contributed by atoms with van der Waals surface area (Å²) < 4.78 is 22.2. The van der Waals surface area contributed by atoms with E-state index < -0.39 is 14.6 Å². The zero-order valence-corrected chi connectivity index (χ0v) is 10.9.